The van der Waals surface area contributed by atoms with Crippen LogP contribution in [-0.2, 0) is 15.7 Å². The monoisotopic (exact) mass is 283 g/mol. The minimum Gasteiger partial charge on any atom is -0.469 e. The molecule has 0 aliphatic rings. The number of carbonyl (C=O) groups is 1. The van der Waals surface area contributed by atoms with E-state index in [1.54, 1.807) is 0 Å². The van der Waals surface area contributed by atoms with Crippen LogP contribution >= 0.6 is 11.6 Å². The second kappa shape index (κ2) is 5.85. The molecule has 1 heterocycles. The van der Waals surface area contributed by atoms with Crippen molar-refractivity contribution >= 4 is 23.4 Å². The molecule has 0 aromatic carbocycles. The van der Waals surface area contributed by atoms with Gasteiger partial charge in [-0.15, -0.1) is 0 Å². The Morgan fingerprint density at radius 3 is 2.72 bits per heavy atom. The van der Waals surface area contributed by atoms with Crippen LogP contribution < -0.4 is 5.32 Å². The summed E-state index contributed by atoms with van der Waals surface area (Å²) < 4.78 is 41.6. The van der Waals surface area contributed by atoms with E-state index in [0.717, 1.165) is 0 Å². The summed E-state index contributed by atoms with van der Waals surface area (Å²) >= 11 is 5.37. The van der Waals surface area contributed by atoms with Crippen molar-refractivity contribution in [2.24, 2.45) is 0 Å². The summed E-state index contributed by atoms with van der Waals surface area (Å²) in [5.41, 5.74) is -1.15. The Balaban J connectivity index is 2.72. The van der Waals surface area contributed by atoms with Gasteiger partial charge < -0.3 is 10.1 Å². The number of alkyl halides is 3. The Kier molecular flexibility index (Phi) is 4.71. The largest absolute Gasteiger partial charge is 0.469 e. The Hall–Kier alpha value is -1.57. The molecule has 9 heteroatoms. The average molecular weight is 284 g/mol. The summed E-state index contributed by atoms with van der Waals surface area (Å²) in [5.74, 6) is -0.593. The van der Waals surface area contributed by atoms with Crippen LogP contribution in [0, 0.1) is 0 Å². The van der Waals surface area contributed by atoms with Gasteiger partial charge in [0.15, 0.2) is 5.69 Å². The fraction of sp³-hybridized carbons (Fsp3) is 0.444. The summed E-state index contributed by atoms with van der Waals surface area (Å²) in [6.07, 6.45) is -4.61. The van der Waals surface area contributed by atoms with Gasteiger partial charge in [0.2, 0.25) is 5.28 Å². The van der Waals surface area contributed by atoms with E-state index >= 15 is 0 Å². The maximum Gasteiger partial charge on any atom is 0.433 e. The first-order valence-corrected chi connectivity index (χ1v) is 5.13. The molecule has 100 valence electrons. The normalized spacial score (nSPS) is 11.2. The molecule has 0 bridgehead atoms. The van der Waals surface area contributed by atoms with Crippen LogP contribution in [0.5, 0.6) is 0 Å². The predicted octanol–water partition coefficient (Wildman–Crippen LogP) is 2.12. The first kappa shape index (κ1) is 14.5. The molecule has 0 aliphatic heterocycles. The molecule has 0 saturated carbocycles. The highest BCUT2D eigenvalue weighted by molar-refractivity contribution is 6.28. The van der Waals surface area contributed by atoms with Crippen molar-refractivity contribution in [2.75, 3.05) is 19.0 Å². The molecule has 0 amide bonds. The second-order valence-electron chi connectivity index (χ2n) is 3.16. The van der Waals surface area contributed by atoms with Gasteiger partial charge in [-0.2, -0.15) is 13.2 Å². The van der Waals surface area contributed by atoms with E-state index < -0.39 is 23.1 Å². The van der Waals surface area contributed by atoms with E-state index in [9.17, 15) is 18.0 Å². The first-order valence-electron chi connectivity index (χ1n) is 4.75. The van der Waals surface area contributed by atoms with E-state index in [1.165, 1.54) is 7.11 Å². The number of rotatable bonds is 4. The van der Waals surface area contributed by atoms with E-state index in [2.05, 4.69) is 20.0 Å². The molecule has 18 heavy (non-hydrogen) atoms. The lowest BCUT2D eigenvalue weighted by Crippen LogP contribution is -2.13. The minimum absolute atomic E-state index is 0.000523. The van der Waals surface area contributed by atoms with Gasteiger partial charge in [0.05, 0.1) is 13.5 Å². The zero-order valence-corrected chi connectivity index (χ0v) is 9.97. The molecule has 0 radical (unpaired) electrons. The number of methoxy groups -OCH3 is 1. The smallest absolute Gasteiger partial charge is 0.433 e. The van der Waals surface area contributed by atoms with Gasteiger partial charge in [-0.3, -0.25) is 4.79 Å². The van der Waals surface area contributed by atoms with Crippen LogP contribution in [0.2, 0.25) is 5.28 Å². The second-order valence-corrected chi connectivity index (χ2v) is 3.50. The molecule has 0 atom stereocenters. The van der Waals surface area contributed by atoms with Crippen molar-refractivity contribution in [2.45, 2.75) is 12.6 Å². The highest BCUT2D eigenvalue weighted by atomic mass is 35.5. The molecule has 5 nitrogen and oxygen atoms in total. The highest BCUT2D eigenvalue weighted by Gasteiger charge is 2.33. The number of halogens is 4. The lowest BCUT2D eigenvalue weighted by molar-refractivity contribution is -0.141. The van der Waals surface area contributed by atoms with Crippen molar-refractivity contribution in [3.63, 3.8) is 0 Å². The molecule has 1 aromatic heterocycles. The first-order chi connectivity index (χ1) is 8.32. The third kappa shape index (κ3) is 4.36. The fourth-order valence-electron chi connectivity index (χ4n) is 1.05. The summed E-state index contributed by atoms with van der Waals surface area (Å²) in [5, 5.41) is 2.00. The summed E-state index contributed by atoms with van der Waals surface area (Å²) in [6, 6.07) is 0.711. The third-order valence-electron chi connectivity index (χ3n) is 1.85. The summed E-state index contributed by atoms with van der Waals surface area (Å²) in [7, 11) is 1.21. The number of hydrogen-bond acceptors (Lipinski definition) is 5. The van der Waals surface area contributed by atoms with Gasteiger partial charge in [0.1, 0.15) is 5.82 Å². The number of nitrogens with one attached hydrogen (secondary N) is 1. The van der Waals surface area contributed by atoms with E-state index in [-0.39, 0.29) is 18.8 Å². The molecule has 0 spiro atoms. The standard InChI is InChI=1S/C9H9ClF3N3O2/c1-18-7(17)2-3-14-6-4-5(9(11,12)13)15-8(10)16-6/h4H,2-3H2,1H3,(H,14,15,16). The number of esters is 1. The third-order valence-corrected chi connectivity index (χ3v) is 2.02. The lowest BCUT2D eigenvalue weighted by Gasteiger charge is -2.09. The molecule has 0 saturated heterocycles. The van der Waals surface area contributed by atoms with Gasteiger partial charge in [-0.1, -0.05) is 0 Å². The molecule has 0 unspecified atom stereocenters. The Labute approximate surface area is 105 Å². The average Bonchev–Trinajstić information content (AvgIpc) is 2.27. The van der Waals surface area contributed by atoms with Gasteiger partial charge in [0.25, 0.3) is 0 Å². The van der Waals surface area contributed by atoms with Crippen molar-refractivity contribution in [3.8, 4) is 0 Å². The number of aromatic nitrogens is 2. The van der Waals surface area contributed by atoms with Gasteiger partial charge in [0, 0.05) is 12.6 Å². The number of anilines is 1. The van der Waals surface area contributed by atoms with E-state index in [0.29, 0.717) is 6.07 Å². The molecular formula is C9H9ClF3N3O2. The van der Waals surface area contributed by atoms with Crippen molar-refractivity contribution in [1.82, 2.24) is 9.97 Å². The quantitative estimate of drug-likeness (QED) is 0.677. The van der Waals surface area contributed by atoms with Gasteiger partial charge in [-0.05, 0) is 11.6 Å². The van der Waals surface area contributed by atoms with E-state index in [4.69, 9.17) is 11.6 Å². The Bertz CT molecular complexity index is 440. The number of hydrogen-bond donors (Lipinski definition) is 1. The molecular weight excluding hydrogens is 275 g/mol. The summed E-state index contributed by atoms with van der Waals surface area (Å²) in [6.45, 7) is 0.0807. The maximum atomic E-state index is 12.4. The Morgan fingerprint density at radius 2 is 2.17 bits per heavy atom. The fourth-order valence-corrected chi connectivity index (χ4v) is 1.23. The molecule has 1 aromatic rings. The van der Waals surface area contributed by atoms with Crippen LogP contribution in [0.15, 0.2) is 6.07 Å². The van der Waals surface area contributed by atoms with Crippen molar-refractivity contribution in [1.29, 1.82) is 0 Å². The van der Waals surface area contributed by atoms with Gasteiger partial charge >= 0.3 is 12.1 Å². The maximum absolute atomic E-state index is 12.4. The predicted molar refractivity (Wildman–Crippen MR) is 57.2 cm³/mol. The molecule has 1 rings (SSSR count). The molecule has 1 N–H and O–H groups in total. The number of ether oxygens (including phenoxy) is 1. The summed E-state index contributed by atoms with van der Waals surface area (Å²) in [4.78, 5) is 17.4. The lowest BCUT2D eigenvalue weighted by atomic mass is 10.3. The number of nitrogens with zero attached hydrogens (tertiary/aromatic N) is 2. The Morgan fingerprint density at radius 1 is 1.50 bits per heavy atom. The zero-order chi connectivity index (χ0) is 13.8. The van der Waals surface area contributed by atoms with Crippen LogP contribution in [0.25, 0.3) is 0 Å². The highest BCUT2D eigenvalue weighted by Crippen LogP contribution is 2.29. The van der Waals surface area contributed by atoms with Crippen LogP contribution in [0.1, 0.15) is 12.1 Å². The van der Waals surface area contributed by atoms with Crippen LogP contribution in [0.4, 0.5) is 19.0 Å². The van der Waals surface area contributed by atoms with Crippen molar-refractivity contribution < 1.29 is 22.7 Å². The van der Waals surface area contributed by atoms with Crippen LogP contribution in [0.3, 0.4) is 0 Å². The number of carbonyl (C=O) groups excluding carboxylic acids is 1. The molecule has 0 aliphatic carbocycles. The van der Waals surface area contributed by atoms with Crippen molar-refractivity contribution in [3.05, 3.63) is 17.0 Å². The SMILES string of the molecule is COC(=O)CCNc1cc(C(F)(F)F)nc(Cl)n1. The minimum atomic E-state index is -4.61. The van der Waals surface area contributed by atoms with Crippen LogP contribution in [-0.4, -0.2) is 29.6 Å². The molecule has 0 fully saturated rings. The van der Waals surface area contributed by atoms with Gasteiger partial charge in [-0.25, -0.2) is 9.97 Å². The zero-order valence-electron chi connectivity index (χ0n) is 9.21. The van der Waals surface area contributed by atoms with E-state index in [1.807, 2.05) is 0 Å². The topological polar surface area (TPSA) is 64.1 Å².